The van der Waals surface area contributed by atoms with Gasteiger partial charge in [0.05, 0.1) is 0 Å². The number of allylic oxidation sites excluding steroid dienone is 1. The highest BCUT2D eigenvalue weighted by Gasteiger charge is 2.06. The largest absolute Gasteiger partial charge is 0.402 e. The Bertz CT molecular complexity index is 107. The predicted octanol–water partition coefficient (Wildman–Crippen LogP) is 0.340. The second-order valence-electron chi connectivity index (χ2n) is 2.31. The smallest absolute Gasteiger partial charge is 0.00778 e. The molecule has 2 nitrogen and oxygen atoms in total. The van der Waals surface area contributed by atoms with Crippen molar-refractivity contribution in [3.8, 4) is 0 Å². The first-order valence-electron chi connectivity index (χ1n) is 2.99. The van der Waals surface area contributed by atoms with Crippen molar-refractivity contribution in [3.63, 3.8) is 0 Å². The Morgan fingerprint density at radius 1 is 1.62 bits per heavy atom. The molecule has 0 radical (unpaired) electrons. The molecule has 0 saturated carbocycles. The summed E-state index contributed by atoms with van der Waals surface area (Å²) in [6, 6.07) is 0.363. The van der Waals surface area contributed by atoms with Crippen LogP contribution in [0, 0.1) is 0 Å². The van der Waals surface area contributed by atoms with Crippen molar-refractivity contribution in [2.24, 2.45) is 11.5 Å². The van der Waals surface area contributed by atoms with Crippen molar-refractivity contribution in [2.45, 2.75) is 25.3 Å². The van der Waals surface area contributed by atoms with Crippen LogP contribution in [0.15, 0.2) is 11.8 Å². The fourth-order valence-corrected chi connectivity index (χ4v) is 0.875. The molecule has 1 aliphatic carbocycles. The van der Waals surface area contributed by atoms with E-state index in [1.807, 2.05) is 6.08 Å². The zero-order valence-corrected chi connectivity index (χ0v) is 4.93. The van der Waals surface area contributed by atoms with E-state index in [2.05, 4.69) is 0 Å². The molecule has 0 aromatic heterocycles. The van der Waals surface area contributed by atoms with E-state index in [0.717, 1.165) is 25.0 Å². The molecule has 0 heterocycles. The average molecular weight is 112 g/mol. The number of hydrogen-bond donors (Lipinski definition) is 2. The van der Waals surface area contributed by atoms with Crippen molar-refractivity contribution in [2.75, 3.05) is 0 Å². The Labute approximate surface area is 49.5 Å². The summed E-state index contributed by atoms with van der Waals surface area (Å²) in [6.07, 6.45) is 5.03. The molecule has 46 valence electrons. The van der Waals surface area contributed by atoms with Gasteiger partial charge in [0, 0.05) is 11.7 Å². The van der Waals surface area contributed by atoms with Gasteiger partial charge in [-0.25, -0.2) is 0 Å². The maximum atomic E-state index is 5.60. The van der Waals surface area contributed by atoms with E-state index in [1.165, 1.54) is 0 Å². The molecule has 1 unspecified atom stereocenters. The summed E-state index contributed by atoms with van der Waals surface area (Å²) in [4.78, 5) is 0. The van der Waals surface area contributed by atoms with Gasteiger partial charge in [0.2, 0.25) is 0 Å². The zero-order chi connectivity index (χ0) is 5.98. The Kier molecular flexibility index (Phi) is 1.53. The third-order valence-electron chi connectivity index (χ3n) is 1.49. The zero-order valence-electron chi connectivity index (χ0n) is 4.93. The third kappa shape index (κ3) is 1.23. The van der Waals surface area contributed by atoms with E-state index in [4.69, 9.17) is 11.5 Å². The summed E-state index contributed by atoms with van der Waals surface area (Å²) in [5, 5.41) is 0. The lowest BCUT2D eigenvalue weighted by Gasteiger charge is -2.14. The second kappa shape index (κ2) is 2.18. The van der Waals surface area contributed by atoms with Gasteiger partial charge in [-0.05, 0) is 19.3 Å². The van der Waals surface area contributed by atoms with Crippen LogP contribution in [0.2, 0.25) is 0 Å². The normalized spacial score (nSPS) is 29.6. The molecular weight excluding hydrogens is 100 g/mol. The molecule has 0 saturated heterocycles. The maximum Gasteiger partial charge on any atom is 0.00778 e. The molecule has 8 heavy (non-hydrogen) atoms. The van der Waals surface area contributed by atoms with Crippen LogP contribution in [-0.2, 0) is 0 Å². The molecule has 0 spiro atoms. The van der Waals surface area contributed by atoms with E-state index >= 15 is 0 Å². The summed E-state index contributed by atoms with van der Waals surface area (Å²) >= 11 is 0. The van der Waals surface area contributed by atoms with E-state index < -0.39 is 0 Å². The SMILES string of the molecule is NC1=CCC(N)CC1. The Morgan fingerprint density at radius 2 is 2.38 bits per heavy atom. The Hall–Kier alpha value is -0.500. The van der Waals surface area contributed by atoms with Crippen LogP contribution >= 0.6 is 0 Å². The van der Waals surface area contributed by atoms with Crippen LogP contribution in [0.25, 0.3) is 0 Å². The molecule has 1 rings (SSSR count). The van der Waals surface area contributed by atoms with Crippen molar-refractivity contribution in [1.29, 1.82) is 0 Å². The Morgan fingerprint density at radius 3 is 2.75 bits per heavy atom. The third-order valence-corrected chi connectivity index (χ3v) is 1.49. The Balaban J connectivity index is 2.42. The number of nitrogens with two attached hydrogens (primary N) is 2. The topological polar surface area (TPSA) is 52.0 Å². The summed E-state index contributed by atoms with van der Waals surface area (Å²) in [7, 11) is 0. The first-order valence-corrected chi connectivity index (χ1v) is 2.99. The van der Waals surface area contributed by atoms with Gasteiger partial charge in [-0.15, -0.1) is 0 Å². The van der Waals surface area contributed by atoms with Crippen LogP contribution in [0.5, 0.6) is 0 Å². The average Bonchev–Trinajstić information content (AvgIpc) is 1.77. The van der Waals surface area contributed by atoms with Crippen LogP contribution in [0.1, 0.15) is 19.3 Å². The minimum Gasteiger partial charge on any atom is -0.402 e. The maximum absolute atomic E-state index is 5.60. The fourth-order valence-electron chi connectivity index (χ4n) is 0.875. The van der Waals surface area contributed by atoms with Gasteiger partial charge in [0.25, 0.3) is 0 Å². The molecule has 4 N–H and O–H groups in total. The van der Waals surface area contributed by atoms with Gasteiger partial charge in [0.1, 0.15) is 0 Å². The van der Waals surface area contributed by atoms with E-state index in [1.54, 1.807) is 0 Å². The van der Waals surface area contributed by atoms with Gasteiger partial charge in [-0.1, -0.05) is 6.08 Å². The molecule has 1 aliphatic rings. The predicted molar refractivity (Wildman–Crippen MR) is 34.1 cm³/mol. The van der Waals surface area contributed by atoms with Gasteiger partial charge in [0.15, 0.2) is 0 Å². The van der Waals surface area contributed by atoms with E-state index in [-0.39, 0.29) is 0 Å². The van der Waals surface area contributed by atoms with Crippen molar-refractivity contribution >= 4 is 0 Å². The molecule has 0 bridgehead atoms. The monoisotopic (exact) mass is 112 g/mol. The molecule has 0 amide bonds. The highest BCUT2D eigenvalue weighted by molar-refractivity contribution is 5.02. The van der Waals surface area contributed by atoms with Crippen molar-refractivity contribution < 1.29 is 0 Å². The first kappa shape index (κ1) is 5.63. The molecule has 1 atom stereocenters. The van der Waals surface area contributed by atoms with Crippen molar-refractivity contribution in [1.82, 2.24) is 0 Å². The van der Waals surface area contributed by atoms with E-state index in [9.17, 15) is 0 Å². The van der Waals surface area contributed by atoms with Gasteiger partial charge < -0.3 is 11.5 Å². The highest BCUT2D eigenvalue weighted by Crippen LogP contribution is 2.11. The molecule has 0 fully saturated rings. The second-order valence-corrected chi connectivity index (χ2v) is 2.31. The molecule has 0 aromatic carbocycles. The summed E-state index contributed by atoms with van der Waals surface area (Å²) in [5.74, 6) is 0. The summed E-state index contributed by atoms with van der Waals surface area (Å²) in [5.41, 5.74) is 12.1. The minimum absolute atomic E-state index is 0.363. The number of hydrogen-bond acceptors (Lipinski definition) is 2. The molecule has 0 aromatic rings. The number of rotatable bonds is 0. The van der Waals surface area contributed by atoms with Crippen LogP contribution in [0.4, 0.5) is 0 Å². The first-order chi connectivity index (χ1) is 3.79. The quantitative estimate of drug-likeness (QED) is 0.474. The fraction of sp³-hybridized carbons (Fsp3) is 0.667. The molecular formula is C6H12N2. The van der Waals surface area contributed by atoms with Gasteiger partial charge in [-0.2, -0.15) is 0 Å². The lowest BCUT2D eigenvalue weighted by molar-refractivity contribution is 0.587. The highest BCUT2D eigenvalue weighted by atomic mass is 14.7. The lowest BCUT2D eigenvalue weighted by Crippen LogP contribution is -2.23. The lowest BCUT2D eigenvalue weighted by atomic mass is 10.0. The summed E-state index contributed by atoms with van der Waals surface area (Å²) in [6.45, 7) is 0. The molecule has 0 aliphatic heterocycles. The van der Waals surface area contributed by atoms with Crippen molar-refractivity contribution in [3.05, 3.63) is 11.8 Å². The standard InChI is InChI=1S/C6H12N2/c7-5-1-2-6(8)4-3-5/h1,6H,2-4,7-8H2. The summed E-state index contributed by atoms with van der Waals surface area (Å²) < 4.78 is 0. The molecule has 2 heteroatoms. The van der Waals surface area contributed by atoms with Crippen LogP contribution in [0.3, 0.4) is 0 Å². The van der Waals surface area contributed by atoms with Crippen LogP contribution in [-0.4, -0.2) is 6.04 Å². The van der Waals surface area contributed by atoms with Gasteiger partial charge in [-0.3, -0.25) is 0 Å². The van der Waals surface area contributed by atoms with Gasteiger partial charge >= 0.3 is 0 Å². The minimum atomic E-state index is 0.363. The van der Waals surface area contributed by atoms with E-state index in [0.29, 0.717) is 6.04 Å². The van der Waals surface area contributed by atoms with Crippen LogP contribution < -0.4 is 11.5 Å².